The molecule has 60 heavy (non-hydrogen) atoms. The average molecular weight is 809 g/mol. The Morgan fingerprint density at radius 1 is 0.517 bits per heavy atom. The van der Waals surface area contributed by atoms with Gasteiger partial charge in [-0.2, -0.15) is 9.97 Å². The van der Waals surface area contributed by atoms with Gasteiger partial charge in [-0.15, -0.1) is 0 Å². The second kappa shape index (κ2) is 15.8. The molecule has 308 valence electrons. The van der Waals surface area contributed by atoms with Crippen molar-refractivity contribution < 1.29 is 0 Å². The third-order valence-corrected chi connectivity index (χ3v) is 11.8. The van der Waals surface area contributed by atoms with E-state index in [-0.39, 0.29) is 22.5 Å². The number of hydrogen-bond donors (Lipinski definition) is 2. The van der Waals surface area contributed by atoms with Gasteiger partial charge >= 0.3 is 11.4 Å². The van der Waals surface area contributed by atoms with Crippen LogP contribution in [0.3, 0.4) is 0 Å². The molecule has 2 saturated heterocycles. The smallest absolute Gasteiger partial charge is 0.332 e. The molecule has 2 aliphatic rings. The van der Waals surface area contributed by atoms with Crippen molar-refractivity contribution in [3.05, 3.63) is 138 Å². The largest absolute Gasteiger partial charge is 0.340 e. The van der Waals surface area contributed by atoms with Crippen molar-refractivity contribution in [2.45, 2.75) is 13.1 Å². The fraction of sp³-hybridized carbons (Fsp3) is 0.318. The molecule has 6 heterocycles. The lowest BCUT2D eigenvalue weighted by atomic mass is 10.0. The summed E-state index contributed by atoms with van der Waals surface area (Å²) in [6, 6.07) is 29.0. The summed E-state index contributed by atoms with van der Waals surface area (Å²) in [5.74, 6) is 1.47. The maximum Gasteiger partial charge on any atom is 0.332 e. The van der Waals surface area contributed by atoms with E-state index >= 15 is 0 Å². The van der Waals surface area contributed by atoms with E-state index in [0.717, 1.165) is 101 Å². The van der Waals surface area contributed by atoms with Crippen LogP contribution in [0, 0.1) is 0 Å². The van der Waals surface area contributed by atoms with Gasteiger partial charge in [-0.1, -0.05) is 78.9 Å². The molecular weight excluding hydrogens is 761 g/mol. The number of benzene rings is 4. The molecule has 0 spiro atoms. The molecule has 0 saturated carbocycles. The van der Waals surface area contributed by atoms with E-state index in [9.17, 15) is 19.2 Å². The van der Waals surface area contributed by atoms with Gasteiger partial charge in [0.1, 0.15) is 0 Å². The zero-order chi connectivity index (χ0) is 41.7. The lowest BCUT2D eigenvalue weighted by Gasteiger charge is -2.29. The number of nitrogens with one attached hydrogen (secondary N) is 2. The van der Waals surface area contributed by atoms with Crippen LogP contribution < -0.4 is 42.9 Å². The van der Waals surface area contributed by atoms with E-state index < -0.39 is 0 Å². The van der Waals surface area contributed by atoms with Crippen LogP contribution in [0.15, 0.2) is 104 Å². The number of nitrogens with zero attached hydrogens (tertiary/aromatic N) is 10. The van der Waals surface area contributed by atoms with E-state index in [1.54, 1.807) is 14.1 Å². The molecule has 10 rings (SSSR count). The first kappa shape index (κ1) is 38.7. The maximum atomic E-state index is 13.1. The highest BCUT2D eigenvalue weighted by atomic mass is 16.2. The summed E-state index contributed by atoms with van der Waals surface area (Å²) in [4.78, 5) is 65.1. The zero-order valence-corrected chi connectivity index (χ0v) is 34.3. The lowest BCUT2D eigenvalue weighted by molar-refractivity contribution is 0.571. The Morgan fingerprint density at radius 3 is 1.57 bits per heavy atom. The molecule has 0 atom stereocenters. The molecule has 8 aromatic rings. The zero-order valence-electron chi connectivity index (χ0n) is 34.3. The first-order chi connectivity index (χ1) is 29.1. The van der Waals surface area contributed by atoms with Gasteiger partial charge in [0.25, 0.3) is 11.1 Å². The van der Waals surface area contributed by atoms with Crippen LogP contribution >= 0.6 is 0 Å². The Kier molecular flexibility index (Phi) is 10.2. The maximum absolute atomic E-state index is 13.1. The molecule has 16 nitrogen and oxygen atoms in total. The standard InChI is InChI=1S/2C22H24N6O2/c1-25-19-18(20(29)26(2)22(25)30)28(21(24-19)27-12-10-23-11-13-27)14-16-8-5-7-15-6-3-4-9-17(15)16;1-25-19-18(20(29)26(2)22(25)30)28(21(24-19)27-11-9-23-10-12-27)14-15-7-8-16-5-3-4-6-17(16)13-15/h3-9,23H,10-14H2,1-2H3;3-8,13,23H,9-12,14H2,1-2H3. The van der Waals surface area contributed by atoms with Crippen LogP contribution in [-0.4, -0.2) is 89.7 Å². The quantitative estimate of drug-likeness (QED) is 0.256. The topological polar surface area (TPSA) is 154 Å². The van der Waals surface area contributed by atoms with E-state index in [0.29, 0.717) is 35.4 Å². The summed E-state index contributed by atoms with van der Waals surface area (Å²) in [7, 11) is 6.37. The molecule has 2 N–H and O–H groups in total. The van der Waals surface area contributed by atoms with Gasteiger partial charge in [0, 0.05) is 80.5 Å². The number of piperazine rings is 2. The van der Waals surface area contributed by atoms with E-state index in [4.69, 9.17) is 9.97 Å². The summed E-state index contributed by atoms with van der Waals surface area (Å²) in [6.45, 7) is 7.64. The highest BCUT2D eigenvalue weighted by Gasteiger charge is 2.26. The molecule has 0 radical (unpaired) electrons. The van der Waals surface area contributed by atoms with Crippen molar-refractivity contribution in [1.29, 1.82) is 0 Å². The number of aryl methyl sites for hydroxylation is 2. The lowest BCUT2D eigenvalue weighted by Crippen LogP contribution is -2.44. The fourth-order valence-corrected chi connectivity index (χ4v) is 8.50. The highest BCUT2D eigenvalue weighted by Crippen LogP contribution is 2.26. The Bertz CT molecular complexity index is 3160. The number of rotatable bonds is 6. The predicted octanol–water partition coefficient (Wildman–Crippen LogP) is 2.09. The van der Waals surface area contributed by atoms with Gasteiger partial charge in [0.15, 0.2) is 22.3 Å². The first-order valence-corrected chi connectivity index (χ1v) is 20.3. The second-order valence-electron chi connectivity index (χ2n) is 15.5. The number of anilines is 2. The number of hydrogen-bond acceptors (Lipinski definition) is 10. The van der Waals surface area contributed by atoms with Crippen molar-refractivity contribution >= 4 is 55.8 Å². The van der Waals surface area contributed by atoms with Crippen molar-refractivity contribution in [2.75, 3.05) is 62.2 Å². The fourth-order valence-electron chi connectivity index (χ4n) is 8.50. The molecule has 0 amide bonds. The van der Waals surface area contributed by atoms with Crippen molar-refractivity contribution in [3.8, 4) is 0 Å². The third kappa shape index (κ3) is 6.76. The minimum atomic E-state index is -0.367. The Morgan fingerprint density at radius 2 is 1.00 bits per heavy atom. The molecule has 0 bridgehead atoms. The van der Waals surface area contributed by atoms with Crippen LogP contribution in [0.1, 0.15) is 11.1 Å². The van der Waals surface area contributed by atoms with Crippen molar-refractivity contribution in [1.82, 2.24) is 48.0 Å². The van der Waals surface area contributed by atoms with Crippen LogP contribution in [0.2, 0.25) is 0 Å². The van der Waals surface area contributed by atoms with Crippen molar-refractivity contribution in [2.24, 2.45) is 28.2 Å². The molecule has 0 aliphatic carbocycles. The average Bonchev–Trinajstić information content (AvgIpc) is 3.86. The van der Waals surface area contributed by atoms with Crippen LogP contribution in [-0.2, 0) is 41.3 Å². The summed E-state index contributed by atoms with van der Waals surface area (Å²) in [5, 5.41) is 11.3. The molecule has 2 fully saturated rings. The Balaban J connectivity index is 0.000000154. The minimum absolute atomic E-state index is 0.317. The Labute approximate surface area is 344 Å². The summed E-state index contributed by atoms with van der Waals surface area (Å²) in [5.41, 5.74) is 2.60. The minimum Gasteiger partial charge on any atom is -0.340 e. The third-order valence-electron chi connectivity index (χ3n) is 11.8. The van der Waals surface area contributed by atoms with Gasteiger partial charge < -0.3 is 20.4 Å². The van der Waals surface area contributed by atoms with E-state index in [2.05, 4.69) is 75.0 Å². The SMILES string of the molecule is Cn1c(=O)c2c(nc(N3CCNCC3)n2Cc2ccc3ccccc3c2)n(C)c1=O.Cn1c(=O)c2c(nc(N3CCNCC3)n2Cc2cccc3ccccc23)n(C)c1=O. The van der Waals surface area contributed by atoms with Gasteiger partial charge in [-0.25, -0.2) is 9.59 Å². The molecule has 16 heteroatoms. The first-order valence-electron chi connectivity index (χ1n) is 20.3. The molecule has 4 aromatic heterocycles. The van der Waals surface area contributed by atoms with Crippen LogP contribution in [0.4, 0.5) is 11.9 Å². The van der Waals surface area contributed by atoms with E-state index in [1.807, 2.05) is 39.5 Å². The van der Waals surface area contributed by atoms with Gasteiger partial charge in [-0.3, -0.25) is 37.0 Å². The van der Waals surface area contributed by atoms with Gasteiger partial charge in [-0.05, 0) is 38.7 Å². The Hall–Kier alpha value is -6.78. The summed E-state index contributed by atoms with van der Waals surface area (Å²) in [6.07, 6.45) is 0. The second-order valence-corrected chi connectivity index (χ2v) is 15.5. The number of aromatic nitrogens is 8. The van der Waals surface area contributed by atoms with Gasteiger partial charge in [0.05, 0.1) is 13.1 Å². The van der Waals surface area contributed by atoms with Crippen LogP contribution in [0.5, 0.6) is 0 Å². The summed E-state index contributed by atoms with van der Waals surface area (Å²) < 4.78 is 9.17. The van der Waals surface area contributed by atoms with E-state index in [1.165, 1.54) is 28.6 Å². The highest BCUT2D eigenvalue weighted by molar-refractivity contribution is 5.86. The summed E-state index contributed by atoms with van der Waals surface area (Å²) >= 11 is 0. The predicted molar refractivity (Wildman–Crippen MR) is 237 cm³/mol. The van der Waals surface area contributed by atoms with Gasteiger partial charge in [0.2, 0.25) is 11.9 Å². The molecule has 2 aliphatic heterocycles. The molecular formula is C44H48N12O4. The van der Waals surface area contributed by atoms with Crippen molar-refractivity contribution in [3.63, 3.8) is 0 Å². The normalized spacial score (nSPS) is 14.7. The monoisotopic (exact) mass is 808 g/mol. The molecule has 4 aromatic carbocycles. The number of imidazole rings is 2. The van der Waals surface area contributed by atoms with Crippen LogP contribution in [0.25, 0.3) is 43.9 Å². The molecule has 0 unspecified atom stereocenters. The number of fused-ring (bicyclic) bond motifs is 4.